The van der Waals surface area contributed by atoms with Gasteiger partial charge in [0.25, 0.3) is 5.91 Å². The number of piperidine rings is 2. The molecule has 0 radical (unpaired) electrons. The van der Waals surface area contributed by atoms with Crippen molar-refractivity contribution < 1.29 is 22.3 Å². The van der Waals surface area contributed by atoms with E-state index in [1.165, 1.54) is 16.9 Å². The SMILES string of the molecule is Cc1ccc([C@H]2CCC(CCc3ncnc(C(=O)N4CCC(N5CCC(N(C)S(C)(=O)=O)CC5)CC4)c3C)O2)cc1F. The van der Waals surface area contributed by atoms with Crippen LogP contribution in [0.3, 0.4) is 0 Å². The normalized spacial score (nSPS) is 23.1. The maximum absolute atomic E-state index is 14.0. The fraction of sp³-hybridized carbons (Fsp3) is 0.645. The first-order valence-electron chi connectivity index (χ1n) is 15.2. The largest absolute Gasteiger partial charge is 0.370 e. The van der Waals surface area contributed by atoms with Crippen molar-refractivity contribution in [2.75, 3.05) is 39.5 Å². The predicted molar refractivity (Wildman–Crippen MR) is 159 cm³/mol. The lowest BCUT2D eigenvalue weighted by atomic mass is 9.97. The number of nitrogens with zero attached hydrogens (tertiary/aromatic N) is 5. The van der Waals surface area contributed by atoms with E-state index in [9.17, 15) is 17.6 Å². The molecule has 0 N–H and O–H groups in total. The van der Waals surface area contributed by atoms with E-state index < -0.39 is 10.0 Å². The number of likely N-dealkylation sites (tertiary alicyclic amines) is 2. The van der Waals surface area contributed by atoms with Crippen LogP contribution in [0, 0.1) is 19.7 Å². The lowest BCUT2D eigenvalue weighted by Gasteiger charge is -2.43. The van der Waals surface area contributed by atoms with Gasteiger partial charge in [-0.2, -0.15) is 0 Å². The van der Waals surface area contributed by atoms with Crippen LogP contribution in [0.25, 0.3) is 0 Å². The third-order valence-electron chi connectivity index (χ3n) is 9.57. The Bertz CT molecular complexity index is 1370. The highest BCUT2D eigenvalue weighted by molar-refractivity contribution is 7.88. The zero-order valence-corrected chi connectivity index (χ0v) is 26.1. The molecule has 0 aliphatic carbocycles. The number of aryl methyl sites for hydroxylation is 2. The van der Waals surface area contributed by atoms with Crippen molar-refractivity contribution in [3.05, 3.63) is 58.4 Å². The van der Waals surface area contributed by atoms with Crippen molar-refractivity contribution in [2.45, 2.75) is 89.5 Å². The standard InChI is InChI=1S/C31H44FN5O4S/c1-21-5-6-23(19-27(21)32)29-10-8-26(41-29)7-9-28-22(2)30(34-20-33-28)31(38)37-17-13-25(14-18-37)36-15-11-24(12-16-36)35(3)42(4,39)40/h5-6,19-20,24-26,29H,7-18H2,1-4H3/t26?,29-/m1/s1. The van der Waals surface area contributed by atoms with Crippen LogP contribution >= 0.6 is 0 Å². The van der Waals surface area contributed by atoms with E-state index in [1.807, 2.05) is 17.9 Å². The highest BCUT2D eigenvalue weighted by Gasteiger charge is 2.33. The second-order valence-corrected chi connectivity index (χ2v) is 14.3. The molecule has 42 heavy (non-hydrogen) atoms. The maximum Gasteiger partial charge on any atom is 0.272 e. The van der Waals surface area contributed by atoms with Gasteiger partial charge in [0.05, 0.1) is 18.5 Å². The molecule has 9 nitrogen and oxygen atoms in total. The van der Waals surface area contributed by atoms with Crippen LogP contribution in [-0.4, -0.2) is 96.1 Å². The number of halogens is 1. The topological polar surface area (TPSA) is 95.9 Å². The fourth-order valence-electron chi connectivity index (χ4n) is 6.69. The molecule has 4 heterocycles. The number of aromatic nitrogens is 2. The second kappa shape index (κ2) is 13.0. The summed E-state index contributed by atoms with van der Waals surface area (Å²) in [4.78, 5) is 26.7. The van der Waals surface area contributed by atoms with Crippen LogP contribution in [0.4, 0.5) is 4.39 Å². The van der Waals surface area contributed by atoms with Crippen LogP contribution < -0.4 is 0 Å². The summed E-state index contributed by atoms with van der Waals surface area (Å²) in [5, 5.41) is 0. The van der Waals surface area contributed by atoms with Crippen molar-refractivity contribution in [3.8, 4) is 0 Å². The number of hydrogen-bond donors (Lipinski definition) is 0. The summed E-state index contributed by atoms with van der Waals surface area (Å²) in [6.45, 7) is 6.82. The van der Waals surface area contributed by atoms with E-state index in [0.717, 1.165) is 74.9 Å². The molecule has 3 fully saturated rings. The van der Waals surface area contributed by atoms with Gasteiger partial charge < -0.3 is 14.5 Å². The Kier molecular flexibility index (Phi) is 9.61. The van der Waals surface area contributed by atoms with Crippen LogP contribution in [-0.2, 0) is 21.2 Å². The average Bonchev–Trinajstić information content (AvgIpc) is 3.46. The van der Waals surface area contributed by atoms with Gasteiger partial charge in [0.1, 0.15) is 17.8 Å². The third kappa shape index (κ3) is 7.01. The molecule has 0 bridgehead atoms. The summed E-state index contributed by atoms with van der Waals surface area (Å²) in [5.74, 6) is -0.237. The number of amides is 1. The molecule has 1 aromatic carbocycles. The van der Waals surface area contributed by atoms with Crippen molar-refractivity contribution in [1.29, 1.82) is 0 Å². The zero-order chi connectivity index (χ0) is 30.0. The Balaban J connectivity index is 1.11. The molecule has 3 saturated heterocycles. The van der Waals surface area contributed by atoms with Crippen molar-refractivity contribution in [3.63, 3.8) is 0 Å². The van der Waals surface area contributed by atoms with E-state index >= 15 is 0 Å². The number of rotatable bonds is 8. The summed E-state index contributed by atoms with van der Waals surface area (Å²) in [6.07, 6.45) is 9.49. The number of hydrogen-bond acceptors (Lipinski definition) is 7. The van der Waals surface area contributed by atoms with Gasteiger partial charge in [-0.1, -0.05) is 12.1 Å². The summed E-state index contributed by atoms with van der Waals surface area (Å²) >= 11 is 0. The summed E-state index contributed by atoms with van der Waals surface area (Å²) in [5.41, 5.74) is 3.71. The summed E-state index contributed by atoms with van der Waals surface area (Å²) in [7, 11) is -1.50. The molecular weight excluding hydrogens is 557 g/mol. The van der Waals surface area contributed by atoms with Gasteiger partial charge in [-0.25, -0.2) is 27.1 Å². The molecule has 0 spiro atoms. The molecule has 0 saturated carbocycles. The van der Waals surface area contributed by atoms with E-state index in [-0.39, 0.29) is 30.0 Å². The first-order valence-corrected chi connectivity index (χ1v) is 17.0. The van der Waals surface area contributed by atoms with Crippen molar-refractivity contribution in [1.82, 2.24) is 24.1 Å². The minimum atomic E-state index is -3.18. The Hall–Kier alpha value is -2.47. The van der Waals surface area contributed by atoms with Gasteiger partial charge >= 0.3 is 0 Å². The van der Waals surface area contributed by atoms with E-state index in [2.05, 4.69) is 14.9 Å². The quantitative estimate of drug-likeness (QED) is 0.451. The van der Waals surface area contributed by atoms with E-state index in [4.69, 9.17) is 4.74 Å². The van der Waals surface area contributed by atoms with Gasteiger partial charge in [-0.15, -0.1) is 0 Å². The fourth-order valence-corrected chi connectivity index (χ4v) is 7.45. The van der Waals surface area contributed by atoms with Crippen molar-refractivity contribution >= 4 is 15.9 Å². The molecular formula is C31H44FN5O4S. The van der Waals surface area contributed by atoms with Gasteiger partial charge in [-0.05, 0) is 95.5 Å². The maximum atomic E-state index is 14.0. The number of carbonyl (C=O) groups excluding carboxylic acids is 1. The van der Waals surface area contributed by atoms with E-state index in [0.29, 0.717) is 36.8 Å². The molecule has 3 aliphatic rings. The zero-order valence-electron chi connectivity index (χ0n) is 25.3. The number of sulfonamides is 1. The Morgan fingerprint density at radius 3 is 2.43 bits per heavy atom. The number of carbonyl (C=O) groups is 1. The third-order valence-corrected chi connectivity index (χ3v) is 10.9. The lowest BCUT2D eigenvalue weighted by Crippen LogP contribution is -2.52. The minimum absolute atomic E-state index is 0.0401. The molecule has 1 unspecified atom stereocenters. The van der Waals surface area contributed by atoms with E-state index in [1.54, 1.807) is 26.1 Å². The average molecular weight is 602 g/mol. The smallest absolute Gasteiger partial charge is 0.272 e. The molecule has 11 heteroatoms. The molecule has 1 amide bonds. The molecule has 5 rings (SSSR count). The van der Waals surface area contributed by atoms with Crippen molar-refractivity contribution in [2.24, 2.45) is 0 Å². The molecule has 2 atom stereocenters. The van der Waals surface area contributed by atoms with Gasteiger partial charge in [0, 0.05) is 43.5 Å². The minimum Gasteiger partial charge on any atom is -0.370 e. The molecule has 1 aromatic heterocycles. The van der Waals surface area contributed by atoms with Crippen LogP contribution in [0.15, 0.2) is 24.5 Å². The number of ether oxygens (including phenoxy) is 1. The van der Waals surface area contributed by atoms with Gasteiger partial charge in [0.2, 0.25) is 10.0 Å². The van der Waals surface area contributed by atoms with Crippen LogP contribution in [0.2, 0.25) is 0 Å². The highest BCUT2D eigenvalue weighted by Crippen LogP contribution is 2.35. The first-order chi connectivity index (χ1) is 20.0. The molecule has 3 aliphatic heterocycles. The van der Waals surface area contributed by atoms with Crippen LogP contribution in [0.5, 0.6) is 0 Å². The second-order valence-electron chi connectivity index (χ2n) is 12.2. The number of benzene rings is 1. The molecule has 230 valence electrons. The lowest BCUT2D eigenvalue weighted by molar-refractivity contribution is 0.0399. The summed E-state index contributed by atoms with van der Waals surface area (Å²) in [6, 6.07) is 5.81. The van der Waals surface area contributed by atoms with Gasteiger partial charge in [-0.3, -0.25) is 4.79 Å². The Morgan fingerprint density at radius 2 is 1.76 bits per heavy atom. The van der Waals surface area contributed by atoms with Gasteiger partial charge in [0.15, 0.2) is 0 Å². The Labute approximate surface area is 249 Å². The van der Waals surface area contributed by atoms with Crippen LogP contribution in [0.1, 0.15) is 83.9 Å². The monoisotopic (exact) mass is 601 g/mol. The summed E-state index contributed by atoms with van der Waals surface area (Å²) < 4.78 is 45.6. The highest BCUT2D eigenvalue weighted by atomic mass is 32.2. The Morgan fingerprint density at radius 1 is 1.05 bits per heavy atom. The first kappa shape index (κ1) is 31.0. The predicted octanol–water partition coefficient (Wildman–Crippen LogP) is 4.05. The molecule has 2 aromatic rings.